The first kappa shape index (κ1) is 12.0. The van der Waals surface area contributed by atoms with E-state index in [0.717, 1.165) is 12.1 Å². The largest absolute Gasteiger partial charge is 0.416 e. The highest BCUT2D eigenvalue weighted by Gasteiger charge is 2.29. The highest BCUT2D eigenvalue weighted by Crippen LogP contribution is 2.30. The SMILES string of the molecule is FC(F)(F)c1ccc(-c2ccnc(Br)n2)cc1. The molecular weight excluding hydrogens is 297 g/mol. The molecular formula is C11H6BrF3N2. The van der Waals surface area contributed by atoms with Gasteiger partial charge in [-0.3, -0.25) is 0 Å². The fourth-order valence-corrected chi connectivity index (χ4v) is 1.63. The van der Waals surface area contributed by atoms with Crippen LogP contribution in [0.4, 0.5) is 13.2 Å². The first-order valence-corrected chi connectivity index (χ1v) is 5.42. The van der Waals surface area contributed by atoms with Crippen molar-refractivity contribution in [2.75, 3.05) is 0 Å². The molecule has 1 aromatic heterocycles. The van der Waals surface area contributed by atoms with Crippen LogP contribution < -0.4 is 0 Å². The van der Waals surface area contributed by atoms with Crippen LogP contribution in [-0.4, -0.2) is 9.97 Å². The summed E-state index contributed by atoms with van der Waals surface area (Å²) in [5, 5.41) is 0. The summed E-state index contributed by atoms with van der Waals surface area (Å²) in [6, 6.07) is 6.47. The molecule has 0 aliphatic rings. The summed E-state index contributed by atoms with van der Waals surface area (Å²) in [4.78, 5) is 7.91. The third-order valence-corrected chi connectivity index (χ3v) is 2.52. The van der Waals surface area contributed by atoms with Crippen molar-refractivity contribution in [3.05, 3.63) is 46.8 Å². The van der Waals surface area contributed by atoms with Gasteiger partial charge in [-0.05, 0) is 34.1 Å². The Hall–Kier alpha value is -1.43. The Morgan fingerprint density at radius 3 is 2.18 bits per heavy atom. The maximum absolute atomic E-state index is 12.4. The van der Waals surface area contributed by atoms with Gasteiger partial charge in [-0.2, -0.15) is 13.2 Å². The molecule has 88 valence electrons. The lowest BCUT2D eigenvalue weighted by Gasteiger charge is -2.07. The van der Waals surface area contributed by atoms with E-state index in [-0.39, 0.29) is 0 Å². The molecule has 0 fully saturated rings. The van der Waals surface area contributed by atoms with Gasteiger partial charge >= 0.3 is 6.18 Å². The third kappa shape index (κ3) is 2.82. The van der Waals surface area contributed by atoms with Crippen LogP contribution in [0.25, 0.3) is 11.3 Å². The highest BCUT2D eigenvalue weighted by molar-refractivity contribution is 9.10. The zero-order chi connectivity index (χ0) is 12.5. The monoisotopic (exact) mass is 302 g/mol. The van der Waals surface area contributed by atoms with Crippen LogP contribution in [0.5, 0.6) is 0 Å². The molecule has 0 saturated heterocycles. The summed E-state index contributed by atoms with van der Waals surface area (Å²) >= 11 is 3.10. The van der Waals surface area contributed by atoms with Crippen molar-refractivity contribution < 1.29 is 13.2 Å². The van der Waals surface area contributed by atoms with Gasteiger partial charge in [-0.1, -0.05) is 12.1 Å². The minimum atomic E-state index is -4.31. The molecule has 0 bridgehead atoms. The van der Waals surface area contributed by atoms with Crippen LogP contribution >= 0.6 is 15.9 Å². The Balaban J connectivity index is 2.36. The van der Waals surface area contributed by atoms with Gasteiger partial charge in [-0.25, -0.2) is 9.97 Å². The Labute approximate surface area is 104 Å². The van der Waals surface area contributed by atoms with Crippen LogP contribution in [0.15, 0.2) is 41.3 Å². The summed E-state index contributed by atoms with van der Waals surface area (Å²) in [5.74, 6) is 0. The third-order valence-electron chi connectivity index (χ3n) is 2.13. The summed E-state index contributed by atoms with van der Waals surface area (Å²) < 4.78 is 37.5. The molecule has 6 heteroatoms. The molecule has 1 heterocycles. The van der Waals surface area contributed by atoms with Crippen LogP contribution in [0.1, 0.15) is 5.56 Å². The molecule has 0 atom stereocenters. The molecule has 0 amide bonds. The van der Waals surface area contributed by atoms with E-state index in [4.69, 9.17) is 0 Å². The number of rotatable bonds is 1. The first-order valence-electron chi connectivity index (χ1n) is 4.63. The van der Waals surface area contributed by atoms with E-state index in [2.05, 4.69) is 25.9 Å². The van der Waals surface area contributed by atoms with Crippen LogP contribution in [0, 0.1) is 0 Å². The number of benzene rings is 1. The van der Waals surface area contributed by atoms with Crippen LogP contribution in [-0.2, 0) is 6.18 Å². The number of nitrogens with zero attached hydrogens (tertiary/aromatic N) is 2. The normalized spacial score (nSPS) is 11.5. The second kappa shape index (κ2) is 4.44. The van der Waals surface area contributed by atoms with Gasteiger partial charge in [0, 0.05) is 11.8 Å². The molecule has 17 heavy (non-hydrogen) atoms. The van der Waals surface area contributed by atoms with E-state index in [1.54, 1.807) is 6.07 Å². The topological polar surface area (TPSA) is 25.8 Å². The molecule has 0 aliphatic carbocycles. The van der Waals surface area contributed by atoms with Crippen molar-refractivity contribution in [3.8, 4) is 11.3 Å². The summed E-state index contributed by atoms with van der Waals surface area (Å²) in [7, 11) is 0. The van der Waals surface area contributed by atoms with Gasteiger partial charge in [0.25, 0.3) is 0 Å². The number of alkyl halides is 3. The fourth-order valence-electron chi connectivity index (χ4n) is 1.33. The van der Waals surface area contributed by atoms with Gasteiger partial charge in [0.1, 0.15) is 0 Å². The maximum Gasteiger partial charge on any atom is 0.416 e. The van der Waals surface area contributed by atoms with Crippen molar-refractivity contribution >= 4 is 15.9 Å². The maximum atomic E-state index is 12.4. The van der Waals surface area contributed by atoms with E-state index in [9.17, 15) is 13.2 Å². The van der Waals surface area contributed by atoms with E-state index in [1.165, 1.54) is 18.3 Å². The molecule has 0 spiro atoms. The van der Waals surface area contributed by atoms with Crippen molar-refractivity contribution in [1.29, 1.82) is 0 Å². The van der Waals surface area contributed by atoms with E-state index >= 15 is 0 Å². The summed E-state index contributed by atoms with van der Waals surface area (Å²) in [6.07, 6.45) is -2.78. The lowest BCUT2D eigenvalue weighted by atomic mass is 10.1. The number of halogens is 4. The predicted octanol–water partition coefficient (Wildman–Crippen LogP) is 3.92. The fraction of sp³-hybridized carbons (Fsp3) is 0.0909. The predicted molar refractivity (Wildman–Crippen MR) is 60.2 cm³/mol. The highest BCUT2D eigenvalue weighted by atomic mass is 79.9. The van der Waals surface area contributed by atoms with E-state index < -0.39 is 11.7 Å². The van der Waals surface area contributed by atoms with Crippen molar-refractivity contribution in [2.24, 2.45) is 0 Å². The standard InChI is InChI=1S/C11H6BrF3N2/c12-10-16-6-5-9(17-10)7-1-3-8(4-2-7)11(13,14)15/h1-6H. The first-order chi connectivity index (χ1) is 7.97. The number of hydrogen-bond acceptors (Lipinski definition) is 2. The smallest absolute Gasteiger partial charge is 0.231 e. The number of aromatic nitrogens is 2. The molecule has 0 N–H and O–H groups in total. The van der Waals surface area contributed by atoms with Gasteiger partial charge in [0.05, 0.1) is 11.3 Å². The quantitative estimate of drug-likeness (QED) is 0.746. The zero-order valence-electron chi connectivity index (χ0n) is 8.37. The van der Waals surface area contributed by atoms with Gasteiger partial charge in [0.15, 0.2) is 4.73 Å². The summed E-state index contributed by atoms with van der Waals surface area (Å²) in [6.45, 7) is 0. The lowest BCUT2D eigenvalue weighted by molar-refractivity contribution is -0.137. The molecule has 1 aromatic carbocycles. The second-order valence-corrected chi connectivity index (χ2v) is 4.00. The molecule has 2 nitrogen and oxygen atoms in total. The molecule has 0 saturated carbocycles. The Morgan fingerprint density at radius 1 is 1.00 bits per heavy atom. The average Bonchev–Trinajstić information content (AvgIpc) is 2.28. The molecule has 0 aliphatic heterocycles. The minimum absolute atomic E-state index is 0.398. The second-order valence-electron chi connectivity index (χ2n) is 3.29. The van der Waals surface area contributed by atoms with Crippen molar-refractivity contribution in [1.82, 2.24) is 9.97 Å². The molecule has 0 unspecified atom stereocenters. The van der Waals surface area contributed by atoms with Crippen molar-refractivity contribution in [3.63, 3.8) is 0 Å². The Kier molecular flexibility index (Phi) is 3.15. The van der Waals surface area contributed by atoms with Gasteiger partial charge in [0.2, 0.25) is 0 Å². The molecule has 2 rings (SSSR count). The minimum Gasteiger partial charge on any atom is -0.231 e. The van der Waals surface area contributed by atoms with E-state index in [0.29, 0.717) is 16.0 Å². The zero-order valence-corrected chi connectivity index (χ0v) is 9.96. The molecule has 2 aromatic rings. The molecule has 0 radical (unpaired) electrons. The van der Waals surface area contributed by atoms with Gasteiger partial charge in [-0.15, -0.1) is 0 Å². The van der Waals surface area contributed by atoms with Crippen LogP contribution in [0.2, 0.25) is 0 Å². The van der Waals surface area contributed by atoms with Crippen LogP contribution in [0.3, 0.4) is 0 Å². The summed E-state index contributed by atoms with van der Waals surface area (Å²) in [5.41, 5.74) is 0.510. The van der Waals surface area contributed by atoms with E-state index in [1.807, 2.05) is 0 Å². The Morgan fingerprint density at radius 2 is 1.65 bits per heavy atom. The van der Waals surface area contributed by atoms with Gasteiger partial charge < -0.3 is 0 Å². The van der Waals surface area contributed by atoms with Crippen molar-refractivity contribution in [2.45, 2.75) is 6.18 Å². The average molecular weight is 303 g/mol. The Bertz CT molecular complexity index is 523. The lowest BCUT2D eigenvalue weighted by Crippen LogP contribution is -2.04. The number of hydrogen-bond donors (Lipinski definition) is 0.